The Bertz CT molecular complexity index is 953. The van der Waals surface area contributed by atoms with Gasteiger partial charge in [-0.2, -0.15) is 4.31 Å². The monoisotopic (exact) mass is 421 g/mol. The molecule has 1 amide bonds. The van der Waals surface area contributed by atoms with Gasteiger partial charge in [0.2, 0.25) is 10.0 Å². The minimum atomic E-state index is -3.59. The largest absolute Gasteiger partial charge is 0.376 e. The van der Waals surface area contributed by atoms with Crippen molar-refractivity contribution in [1.82, 2.24) is 4.31 Å². The molecule has 28 heavy (non-hydrogen) atoms. The number of piperidine rings is 1. The van der Waals surface area contributed by atoms with Crippen LogP contribution in [0.4, 0.5) is 11.4 Å². The lowest BCUT2D eigenvalue weighted by molar-refractivity contribution is 0.102. The molecule has 0 bridgehead atoms. The maximum Gasteiger partial charge on any atom is 0.255 e. The molecule has 2 aromatic rings. The number of benzene rings is 2. The van der Waals surface area contributed by atoms with E-state index in [4.69, 9.17) is 11.6 Å². The first kappa shape index (κ1) is 20.6. The summed E-state index contributed by atoms with van der Waals surface area (Å²) in [5, 5.41) is 3.38. The Balaban J connectivity index is 1.93. The summed E-state index contributed by atoms with van der Waals surface area (Å²) in [6.45, 7) is 1.06. The van der Waals surface area contributed by atoms with Gasteiger partial charge in [0, 0.05) is 37.8 Å². The van der Waals surface area contributed by atoms with Crippen LogP contribution in [-0.4, -0.2) is 45.8 Å². The molecule has 0 radical (unpaired) electrons. The van der Waals surface area contributed by atoms with Crippen molar-refractivity contribution in [3.8, 4) is 0 Å². The van der Waals surface area contributed by atoms with E-state index in [0.717, 1.165) is 24.9 Å². The Morgan fingerprint density at radius 3 is 2.29 bits per heavy atom. The van der Waals surface area contributed by atoms with Crippen LogP contribution in [0.25, 0.3) is 0 Å². The molecule has 0 aromatic heterocycles. The van der Waals surface area contributed by atoms with Crippen LogP contribution in [-0.2, 0) is 10.0 Å². The number of amides is 1. The zero-order chi connectivity index (χ0) is 20.3. The van der Waals surface area contributed by atoms with E-state index in [2.05, 4.69) is 5.32 Å². The van der Waals surface area contributed by atoms with E-state index < -0.39 is 10.0 Å². The number of carbonyl (C=O) groups is 1. The summed E-state index contributed by atoms with van der Waals surface area (Å²) in [6.07, 6.45) is 2.79. The van der Waals surface area contributed by atoms with Gasteiger partial charge in [0.05, 0.1) is 16.3 Å². The number of hydrogen-bond donors (Lipinski definition) is 1. The van der Waals surface area contributed by atoms with E-state index in [9.17, 15) is 13.2 Å². The molecule has 2 aromatic carbocycles. The van der Waals surface area contributed by atoms with Crippen LogP contribution in [0.3, 0.4) is 0 Å². The van der Waals surface area contributed by atoms with Crippen molar-refractivity contribution in [3.63, 3.8) is 0 Å². The first-order valence-electron chi connectivity index (χ1n) is 9.17. The lowest BCUT2D eigenvalue weighted by Gasteiger charge is -2.26. The van der Waals surface area contributed by atoms with E-state index in [-0.39, 0.29) is 10.8 Å². The molecule has 0 aliphatic carbocycles. The summed E-state index contributed by atoms with van der Waals surface area (Å²) in [5.41, 5.74) is 1.61. The number of carbonyl (C=O) groups excluding carboxylic acids is 1. The molecule has 0 unspecified atom stereocenters. The predicted molar refractivity (Wildman–Crippen MR) is 113 cm³/mol. The van der Waals surface area contributed by atoms with Crippen molar-refractivity contribution in [2.24, 2.45) is 0 Å². The summed E-state index contributed by atoms with van der Waals surface area (Å²) >= 11 is 5.88. The van der Waals surface area contributed by atoms with Crippen molar-refractivity contribution in [3.05, 3.63) is 53.1 Å². The molecule has 0 saturated carbocycles. The van der Waals surface area contributed by atoms with Gasteiger partial charge < -0.3 is 10.2 Å². The smallest absolute Gasteiger partial charge is 0.255 e. The molecule has 0 spiro atoms. The number of hydrogen-bond acceptors (Lipinski definition) is 4. The molecule has 1 fully saturated rings. The average molecular weight is 422 g/mol. The summed E-state index contributed by atoms with van der Waals surface area (Å²) in [7, 11) is 0.0918. The van der Waals surface area contributed by atoms with Gasteiger partial charge in [-0.25, -0.2) is 8.42 Å². The van der Waals surface area contributed by atoms with Gasteiger partial charge in [-0.3, -0.25) is 4.79 Å². The van der Waals surface area contributed by atoms with Crippen LogP contribution in [0.1, 0.15) is 29.6 Å². The maximum absolute atomic E-state index is 13.0. The summed E-state index contributed by atoms with van der Waals surface area (Å²) in [4.78, 5) is 14.6. The lowest BCUT2D eigenvalue weighted by Crippen LogP contribution is -2.35. The maximum atomic E-state index is 13.0. The molecule has 8 heteroatoms. The summed E-state index contributed by atoms with van der Waals surface area (Å²) in [6, 6.07) is 11.4. The fraction of sp³-hybridized carbons (Fsp3) is 0.350. The predicted octanol–water partition coefficient (Wildman–Crippen LogP) is 3.83. The SMILES string of the molecule is CN(C)c1ccc(S(=O)(=O)N2CCCCC2)cc1NC(=O)c1ccc(Cl)cc1. The van der Waals surface area contributed by atoms with Crippen LogP contribution in [0.15, 0.2) is 47.4 Å². The van der Waals surface area contributed by atoms with Crippen LogP contribution < -0.4 is 10.2 Å². The highest BCUT2D eigenvalue weighted by molar-refractivity contribution is 7.89. The van der Waals surface area contributed by atoms with Crippen molar-refractivity contribution < 1.29 is 13.2 Å². The minimum Gasteiger partial charge on any atom is -0.376 e. The second-order valence-electron chi connectivity index (χ2n) is 7.00. The van der Waals surface area contributed by atoms with Crippen LogP contribution in [0.2, 0.25) is 5.02 Å². The standard InChI is InChI=1S/C20H24ClN3O3S/c1-23(2)19-11-10-17(28(26,27)24-12-4-3-5-13-24)14-18(19)22-20(25)15-6-8-16(21)9-7-15/h6-11,14H,3-5,12-13H2,1-2H3,(H,22,25). The molecular weight excluding hydrogens is 398 g/mol. The number of nitrogens with one attached hydrogen (secondary N) is 1. The Morgan fingerprint density at radius 1 is 1.04 bits per heavy atom. The van der Waals surface area contributed by atoms with Crippen molar-refractivity contribution in [2.45, 2.75) is 24.2 Å². The van der Waals surface area contributed by atoms with E-state index in [0.29, 0.717) is 29.4 Å². The Morgan fingerprint density at radius 2 is 1.68 bits per heavy atom. The Hall–Kier alpha value is -2.09. The quantitative estimate of drug-likeness (QED) is 0.796. The molecular formula is C20H24ClN3O3S. The molecule has 0 atom stereocenters. The molecule has 1 saturated heterocycles. The Labute approximate surface area is 171 Å². The first-order chi connectivity index (χ1) is 13.3. The number of halogens is 1. The number of rotatable bonds is 5. The van der Waals surface area contributed by atoms with E-state index in [1.54, 1.807) is 36.4 Å². The number of sulfonamides is 1. The van der Waals surface area contributed by atoms with Crippen LogP contribution in [0.5, 0.6) is 0 Å². The van der Waals surface area contributed by atoms with Gasteiger partial charge in [0.1, 0.15) is 0 Å². The fourth-order valence-electron chi connectivity index (χ4n) is 3.22. The van der Waals surface area contributed by atoms with Gasteiger partial charge in [-0.05, 0) is 55.3 Å². The first-order valence-corrected chi connectivity index (χ1v) is 11.0. The number of anilines is 2. The summed E-state index contributed by atoms with van der Waals surface area (Å²) in [5.74, 6) is -0.327. The van der Waals surface area contributed by atoms with E-state index in [1.807, 2.05) is 19.0 Å². The zero-order valence-electron chi connectivity index (χ0n) is 16.0. The summed E-state index contributed by atoms with van der Waals surface area (Å²) < 4.78 is 27.5. The highest BCUT2D eigenvalue weighted by Crippen LogP contribution is 2.30. The van der Waals surface area contributed by atoms with Gasteiger partial charge in [-0.1, -0.05) is 18.0 Å². The molecule has 3 rings (SSSR count). The normalized spacial score (nSPS) is 15.2. The second kappa shape index (κ2) is 8.51. The highest BCUT2D eigenvalue weighted by Gasteiger charge is 2.27. The molecule has 1 aliphatic heterocycles. The zero-order valence-corrected chi connectivity index (χ0v) is 17.6. The second-order valence-corrected chi connectivity index (χ2v) is 9.37. The average Bonchev–Trinajstić information content (AvgIpc) is 2.69. The van der Waals surface area contributed by atoms with Gasteiger partial charge >= 0.3 is 0 Å². The van der Waals surface area contributed by atoms with Gasteiger partial charge in [0.15, 0.2) is 0 Å². The molecule has 1 N–H and O–H groups in total. The Kier molecular flexibility index (Phi) is 6.27. The highest BCUT2D eigenvalue weighted by atomic mass is 35.5. The molecule has 6 nitrogen and oxygen atoms in total. The number of nitrogens with zero attached hydrogens (tertiary/aromatic N) is 2. The van der Waals surface area contributed by atoms with Crippen molar-refractivity contribution in [2.75, 3.05) is 37.4 Å². The van der Waals surface area contributed by atoms with Crippen molar-refractivity contribution >= 4 is 38.9 Å². The topological polar surface area (TPSA) is 69.7 Å². The molecule has 1 aliphatic rings. The third-order valence-electron chi connectivity index (χ3n) is 4.76. The van der Waals surface area contributed by atoms with Crippen molar-refractivity contribution in [1.29, 1.82) is 0 Å². The third-order valence-corrected chi connectivity index (χ3v) is 6.90. The van der Waals surface area contributed by atoms with Gasteiger partial charge in [0.25, 0.3) is 5.91 Å². The third kappa shape index (κ3) is 4.48. The fourth-order valence-corrected chi connectivity index (χ4v) is 4.89. The van der Waals surface area contributed by atoms with Crippen LogP contribution >= 0.6 is 11.6 Å². The van der Waals surface area contributed by atoms with Crippen LogP contribution in [0, 0.1) is 0 Å². The van der Waals surface area contributed by atoms with E-state index in [1.165, 1.54) is 10.4 Å². The van der Waals surface area contributed by atoms with Gasteiger partial charge in [-0.15, -0.1) is 0 Å². The molecule has 150 valence electrons. The minimum absolute atomic E-state index is 0.186. The van der Waals surface area contributed by atoms with E-state index >= 15 is 0 Å². The lowest BCUT2D eigenvalue weighted by atomic mass is 10.2. The molecule has 1 heterocycles.